The first kappa shape index (κ1) is 25.5. The molecule has 0 aliphatic carbocycles. The van der Waals surface area contributed by atoms with E-state index in [-0.39, 0.29) is 23.9 Å². The lowest BCUT2D eigenvalue weighted by atomic mass is 10.2. The monoisotopic (exact) mass is 599 g/mol. The van der Waals surface area contributed by atoms with Crippen LogP contribution in [0, 0.1) is 5.82 Å². The molecule has 1 fully saturated rings. The summed E-state index contributed by atoms with van der Waals surface area (Å²) in [6.45, 7) is 2.06. The number of hydrogen-bond donors (Lipinski definition) is 0. The molecule has 10 heteroatoms. The molecular formula is C23H20Br2FNO5S. The van der Waals surface area contributed by atoms with Crippen LogP contribution in [-0.4, -0.2) is 35.2 Å². The Kier molecular flexibility index (Phi) is 9.10. The third kappa shape index (κ3) is 6.91. The van der Waals surface area contributed by atoms with Crippen molar-refractivity contribution in [2.75, 3.05) is 13.2 Å². The zero-order valence-electron chi connectivity index (χ0n) is 17.6. The number of esters is 1. The van der Waals surface area contributed by atoms with Crippen LogP contribution >= 0.6 is 43.6 Å². The minimum Gasteiger partial charge on any atom is -0.487 e. The number of benzene rings is 2. The summed E-state index contributed by atoms with van der Waals surface area (Å²) in [5.41, 5.74) is 1.46. The molecule has 2 aromatic rings. The van der Waals surface area contributed by atoms with Crippen molar-refractivity contribution >= 4 is 66.8 Å². The summed E-state index contributed by atoms with van der Waals surface area (Å²) < 4.78 is 25.2. The molecule has 1 aliphatic rings. The number of nitrogens with zero attached hydrogens (tertiary/aromatic N) is 1. The van der Waals surface area contributed by atoms with Crippen molar-refractivity contribution in [2.45, 2.75) is 26.4 Å². The van der Waals surface area contributed by atoms with Crippen LogP contribution in [-0.2, 0) is 20.9 Å². The molecule has 0 aromatic heterocycles. The second kappa shape index (κ2) is 11.8. The number of rotatable bonds is 9. The Morgan fingerprint density at radius 1 is 1.15 bits per heavy atom. The topological polar surface area (TPSA) is 72.9 Å². The van der Waals surface area contributed by atoms with Crippen LogP contribution in [0.25, 0.3) is 6.08 Å². The van der Waals surface area contributed by atoms with Gasteiger partial charge in [-0.1, -0.05) is 25.5 Å². The van der Waals surface area contributed by atoms with E-state index in [0.717, 1.165) is 35.1 Å². The Hall–Kier alpha value is -2.17. The van der Waals surface area contributed by atoms with E-state index in [9.17, 15) is 18.8 Å². The van der Waals surface area contributed by atoms with Crippen LogP contribution in [0.3, 0.4) is 0 Å². The minimum atomic E-state index is -0.611. The Bertz CT molecular complexity index is 1070. The fraction of sp³-hybridized carbons (Fsp3) is 0.261. The molecule has 6 nitrogen and oxygen atoms in total. The molecule has 1 saturated heterocycles. The van der Waals surface area contributed by atoms with Gasteiger partial charge in [-0.25, -0.2) is 4.39 Å². The highest BCUT2D eigenvalue weighted by Crippen LogP contribution is 2.38. The number of imide groups is 1. The molecule has 33 heavy (non-hydrogen) atoms. The SMILES string of the molecule is CCCCOC(=O)CN1C(=O)S/C(=C/c2cc(Br)c(OCc3ccc(F)cc3)c(Br)c2)C1=O. The lowest BCUT2D eigenvalue weighted by Crippen LogP contribution is -2.34. The van der Waals surface area contributed by atoms with Crippen LogP contribution in [0.4, 0.5) is 9.18 Å². The van der Waals surface area contributed by atoms with Crippen molar-refractivity contribution in [3.05, 3.63) is 67.2 Å². The van der Waals surface area contributed by atoms with E-state index in [1.807, 2.05) is 6.92 Å². The van der Waals surface area contributed by atoms with Gasteiger partial charge in [0.2, 0.25) is 0 Å². The number of halogens is 3. The minimum absolute atomic E-state index is 0.208. The Balaban J connectivity index is 1.68. The number of carbonyl (C=O) groups is 3. The van der Waals surface area contributed by atoms with E-state index in [1.54, 1.807) is 30.3 Å². The zero-order chi connectivity index (χ0) is 24.0. The first-order valence-corrected chi connectivity index (χ1v) is 12.5. The van der Waals surface area contributed by atoms with Gasteiger partial charge in [0.15, 0.2) is 0 Å². The van der Waals surface area contributed by atoms with Gasteiger partial charge in [-0.05, 0) is 91.5 Å². The second-order valence-electron chi connectivity index (χ2n) is 7.07. The summed E-state index contributed by atoms with van der Waals surface area (Å²) >= 11 is 7.69. The predicted molar refractivity (Wildman–Crippen MR) is 131 cm³/mol. The van der Waals surface area contributed by atoms with Gasteiger partial charge in [0, 0.05) is 0 Å². The number of amides is 2. The normalized spacial score (nSPS) is 14.8. The van der Waals surface area contributed by atoms with Crippen molar-refractivity contribution in [3.8, 4) is 5.75 Å². The zero-order valence-corrected chi connectivity index (χ0v) is 21.6. The van der Waals surface area contributed by atoms with Crippen molar-refractivity contribution in [2.24, 2.45) is 0 Å². The smallest absolute Gasteiger partial charge is 0.326 e. The number of hydrogen-bond acceptors (Lipinski definition) is 6. The quantitative estimate of drug-likeness (QED) is 0.191. The first-order chi connectivity index (χ1) is 15.8. The standard InChI is InChI=1S/C23H20Br2FNO5S/c1-2-3-8-31-20(28)12-27-22(29)19(33-23(27)30)11-15-9-17(24)21(18(25)10-15)32-13-14-4-6-16(26)7-5-14/h4-7,9-11H,2-3,8,12-13H2,1H3/b19-11+. The number of thioether (sulfide) groups is 1. The average molecular weight is 601 g/mol. The van der Waals surface area contributed by atoms with Crippen molar-refractivity contribution in [3.63, 3.8) is 0 Å². The highest BCUT2D eigenvalue weighted by molar-refractivity contribution is 9.11. The summed E-state index contributed by atoms with van der Waals surface area (Å²) in [6, 6.07) is 9.51. The third-order valence-corrected chi connectivity index (χ3v) is 6.62. The van der Waals surface area contributed by atoms with Gasteiger partial charge in [-0.3, -0.25) is 19.3 Å². The summed E-state index contributed by atoms with van der Waals surface area (Å²) in [6.07, 6.45) is 3.17. The van der Waals surface area contributed by atoms with Crippen molar-refractivity contribution in [1.82, 2.24) is 4.90 Å². The lowest BCUT2D eigenvalue weighted by molar-refractivity contribution is -0.146. The molecule has 2 aromatic carbocycles. The highest BCUT2D eigenvalue weighted by Gasteiger charge is 2.36. The average Bonchev–Trinajstić information content (AvgIpc) is 3.02. The van der Waals surface area contributed by atoms with E-state index in [0.29, 0.717) is 20.3 Å². The molecule has 1 aliphatic heterocycles. The molecule has 0 spiro atoms. The lowest BCUT2D eigenvalue weighted by Gasteiger charge is -2.12. The fourth-order valence-electron chi connectivity index (χ4n) is 2.83. The molecule has 174 valence electrons. The molecule has 0 unspecified atom stereocenters. The number of carbonyl (C=O) groups excluding carboxylic acids is 3. The maximum Gasteiger partial charge on any atom is 0.326 e. The van der Waals surface area contributed by atoms with Gasteiger partial charge in [-0.2, -0.15) is 0 Å². The van der Waals surface area contributed by atoms with Gasteiger partial charge < -0.3 is 9.47 Å². The molecule has 0 atom stereocenters. The molecule has 0 bridgehead atoms. The highest BCUT2D eigenvalue weighted by atomic mass is 79.9. The molecule has 0 radical (unpaired) electrons. The third-order valence-electron chi connectivity index (χ3n) is 4.54. The van der Waals surface area contributed by atoms with Crippen LogP contribution in [0.2, 0.25) is 0 Å². The van der Waals surface area contributed by atoms with Gasteiger partial charge in [0.1, 0.15) is 24.7 Å². The molecule has 0 N–H and O–H groups in total. The second-order valence-corrected chi connectivity index (χ2v) is 9.77. The van der Waals surface area contributed by atoms with Gasteiger partial charge in [0.05, 0.1) is 20.5 Å². The van der Waals surface area contributed by atoms with Gasteiger partial charge in [0.25, 0.3) is 11.1 Å². The molecular weight excluding hydrogens is 581 g/mol. The largest absolute Gasteiger partial charge is 0.487 e. The Morgan fingerprint density at radius 3 is 2.45 bits per heavy atom. The van der Waals surface area contributed by atoms with E-state index in [2.05, 4.69) is 31.9 Å². The maximum absolute atomic E-state index is 13.1. The molecule has 0 saturated carbocycles. The predicted octanol–water partition coefficient (Wildman–Crippen LogP) is 6.31. The van der Waals surface area contributed by atoms with E-state index in [4.69, 9.17) is 9.47 Å². The Morgan fingerprint density at radius 2 is 1.82 bits per heavy atom. The van der Waals surface area contributed by atoms with Gasteiger partial charge >= 0.3 is 5.97 Å². The molecule has 3 rings (SSSR count). The fourth-order valence-corrected chi connectivity index (χ4v) is 5.12. The summed E-state index contributed by atoms with van der Waals surface area (Å²) in [5, 5.41) is -0.518. The van der Waals surface area contributed by atoms with Gasteiger partial charge in [-0.15, -0.1) is 0 Å². The summed E-state index contributed by atoms with van der Waals surface area (Å²) in [5.74, 6) is -0.927. The first-order valence-electron chi connectivity index (χ1n) is 10.1. The van der Waals surface area contributed by atoms with E-state index >= 15 is 0 Å². The maximum atomic E-state index is 13.1. The molecule has 1 heterocycles. The summed E-state index contributed by atoms with van der Waals surface area (Å²) in [4.78, 5) is 37.9. The van der Waals surface area contributed by atoms with E-state index in [1.165, 1.54) is 12.1 Å². The van der Waals surface area contributed by atoms with Crippen molar-refractivity contribution in [1.29, 1.82) is 0 Å². The van der Waals surface area contributed by atoms with Crippen LogP contribution in [0.15, 0.2) is 50.2 Å². The van der Waals surface area contributed by atoms with E-state index < -0.39 is 23.7 Å². The number of unbranched alkanes of at least 4 members (excludes halogenated alkanes) is 1. The van der Waals surface area contributed by atoms with Crippen LogP contribution in [0.1, 0.15) is 30.9 Å². The van der Waals surface area contributed by atoms with Crippen LogP contribution < -0.4 is 4.74 Å². The Labute approximate surface area is 211 Å². The van der Waals surface area contributed by atoms with Crippen LogP contribution in [0.5, 0.6) is 5.75 Å². The van der Waals surface area contributed by atoms with Crippen molar-refractivity contribution < 1.29 is 28.2 Å². The number of ether oxygens (including phenoxy) is 2. The summed E-state index contributed by atoms with van der Waals surface area (Å²) in [7, 11) is 0. The molecule has 2 amide bonds.